The van der Waals surface area contributed by atoms with Gasteiger partial charge in [0.25, 0.3) is 0 Å². The van der Waals surface area contributed by atoms with Crippen molar-refractivity contribution in [3.8, 4) is 5.75 Å². The molecule has 0 amide bonds. The predicted molar refractivity (Wildman–Crippen MR) is 117 cm³/mol. The Kier molecular flexibility index (Phi) is 5.15. The van der Waals surface area contributed by atoms with Gasteiger partial charge in [0.05, 0.1) is 11.0 Å². The van der Waals surface area contributed by atoms with Crippen molar-refractivity contribution < 1.29 is 13.5 Å². The van der Waals surface area contributed by atoms with E-state index in [4.69, 9.17) is 5.10 Å². The first-order chi connectivity index (χ1) is 15.1. The van der Waals surface area contributed by atoms with Crippen molar-refractivity contribution in [2.45, 2.75) is 30.4 Å². The minimum absolute atomic E-state index is 0.0453. The summed E-state index contributed by atoms with van der Waals surface area (Å²) in [6.07, 6.45) is 0.598. The van der Waals surface area contributed by atoms with Crippen molar-refractivity contribution in [2.24, 2.45) is 5.10 Å². The number of fused-ring (bicyclic) bond motifs is 2. The zero-order chi connectivity index (χ0) is 21.4. The lowest BCUT2D eigenvalue weighted by Crippen LogP contribution is -2.22. The fourth-order valence-corrected chi connectivity index (χ4v) is 4.64. The molecule has 0 aliphatic carbocycles. The fourth-order valence-electron chi connectivity index (χ4n) is 3.70. The van der Waals surface area contributed by atoms with E-state index in [2.05, 4.69) is 39.2 Å². The third-order valence-corrected chi connectivity index (χ3v) is 6.20. The molecule has 31 heavy (non-hydrogen) atoms. The Bertz CT molecular complexity index is 1270. The maximum Gasteiger partial charge on any atom is 0.387 e. The van der Waals surface area contributed by atoms with Crippen molar-refractivity contribution in [3.63, 3.8) is 0 Å². The van der Waals surface area contributed by atoms with E-state index >= 15 is 0 Å². The Labute approximate surface area is 181 Å². The molecule has 0 spiro atoms. The molecule has 8 heteroatoms. The van der Waals surface area contributed by atoms with Gasteiger partial charge < -0.3 is 4.74 Å². The molecule has 5 rings (SSSR count). The van der Waals surface area contributed by atoms with Gasteiger partial charge in [-0.05, 0) is 53.1 Å². The predicted octanol–water partition coefficient (Wildman–Crippen LogP) is 5.37. The van der Waals surface area contributed by atoms with E-state index in [1.165, 1.54) is 22.9 Å². The summed E-state index contributed by atoms with van der Waals surface area (Å²) >= 11 is 1.57. The largest absolute Gasteiger partial charge is 0.435 e. The van der Waals surface area contributed by atoms with E-state index in [0.717, 1.165) is 27.8 Å². The molecule has 156 valence electrons. The minimum atomic E-state index is -2.84. The van der Waals surface area contributed by atoms with E-state index in [1.54, 1.807) is 28.6 Å². The maximum atomic E-state index is 12.4. The van der Waals surface area contributed by atoms with Crippen molar-refractivity contribution in [3.05, 3.63) is 83.7 Å². The topological polar surface area (TPSA) is 52.3 Å². The normalized spacial score (nSPS) is 15.7. The molecule has 0 fully saturated rings. The van der Waals surface area contributed by atoms with Gasteiger partial charge in [0.2, 0.25) is 5.16 Å². The van der Waals surface area contributed by atoms with Gasteiger partial charge in [0.1, 0.15) is 5.75 Å². The Hall–Kier alpha value is -3.26. The molecule has 1 aliphatic heterocycles. The van der Waals surface area contributed by atoms with E-state index < -0.39 is 6.61 Å². The van der Waals surface area contributed by atoms with Gasteiger partial charge >= 0.3 is 6.61 Å². The standard InChI is InChI=1S/C23H18F2N4OS/c1-14-21(16-9-11-18(12-10-16)30-22(24)25)28-29-20(26-27-23(29)31-14)13-17-7-4-6-15-5-2-3-8-19(15)17/h2-12,14,22H,13H2,1H3. The van der Waals surface area contributed by atoms with Crippen LogP contribution >= 0.6 is 11.8 Å². The summed E-state index contributed by atoms with van der Waals surface area (Å²) in [6, 6.07) is 21.0. The number of hydrogen-bond acceptors (Lipinski definition) is 5. The van der Waals surface area contributed by atoms with E-state index in [-0.39, 0.29) is 11.0 Å². The van der Waals surface area contributed by atoms with Crippen LogP contribution in [-0.2, 0) is 6.42 Å². The molecule has 0 saturated carbocycles. The summed E-state index contributed by atoms with van der Waals surface area (Å²) in [7, 11) is 0. The van der Waals surface area contributed by atoms with Crippen LogP contribution in [0.15, 0.2) is 77.0 Å². The van der Waals surface area contributed by atoms with E-state index in [0.29, 0.717) is 6.42 Å². The van der Waals surface area contributed by atoms with Crippen LogP contribution in [0.3, 0.4) is 0 Å². The number of hydrogen-bond donors (Lipinski definition) is 0. The van der Waals surface area contributed by atoms with Crippen molar-refractivity contribution in [1.29, 1.82) is 0 Å². The third-order valence-electron chi connectivity index (χ3n) is 5.16. The van der Waals surface area contributed by atoms with Crippen LogP contribution in [0.1, 0.15) is 23.9 Å². The van der Waals surface area contributed by atoms with Crippen LogP contribution in [0.5, 0.6) is 5.75 Å². The molecule has 0 radical (unpaired) electrons. The average molecular weight is 436 g/mol. The summed E-state index contributed by atoms with van der Waals surface area (Å²) in [4.78, 5) is 0. The SMILES string of the molecule is CC1Sc2nnc(Cc3cccc4ccccc34)n2N=C1c1ccc(OC(F)F)cc1. The molecule has 1 atom stereocenters. The molecule has 1 aliphatic rings. The van der Waals surface area contributed by atoms with Crippen molar-refractivity contribution in [1.82, 2.24) is 14.9 Å². The van der Waals surface area contributed by atoms with Crippen LogP contribution in [0, 0.1) is 0 Å². The van der Waals surface area contributed by atoms with Gasteiger partial charge in [0, 0.05) is 6.42 Å². The average Bonchev–Trinajstić information content (AvgIpc) is 3.15. The molecule has 0 N–H and O–H groups in total. The molecule has 0 saturated heterocycles. The number of ether oxygens (including phenoxy) is 1. The lowest BCUT2D eigenvalue weighted by molar-refractivity contribution is -0.0498. The molecule has 4 aromatic rings. The smallest absolute Gasteiger partial charge is 0.387 e. The van der Waals surface area contributed by atoms with Gasteiger partial charge in [-0.3, -0.25) is 0 Å². The highest BCUT2D eigenvalue weighted by Gasteiger charge is 2.26. The van der Waals surface area contributed by atoms with Gasteiger partial charge in [-0.1, -0.05) is 54.2 Å². The molecule has 1 aromatic heterocycles. The highest BCUT2D eigenvalue weighted by Crippen LogP contribution is 2.31. The molecular formula is C23H18F2N4OS. The minimum Gasteiger partial charge on any atom is -0.435 e. The second kappa shape index (κ2) is 8.11. The monoisotopic (exact) mass is 436 g/mol. The number of halogens is 2. The van der Waals surface area contributed by atoms with Crippen LogP contribution < -0.4 is 4.74 Å². The molecular weight excluding hydrogens is 418 g/mol. The summed E-state index contributed by atoms with van der Waals surface area (Å²) in [5, 5.41) is 16.7. The Balaban J connectivity index is 1.49. The first-order valence-electron chi connectivity index (χ1n) is 9.80. The van der Waals surface area contributed by atoms with Crippen LogP contribution in [0.4, 0.5) is 8.78 Å². The summed E-state index contributed by atoms with van der Waals surface area (Å²) in [5.74, 6) is 0.873. The first kappa shape index (κ1) is 19.7. The Morgan fingerprint density at radius 1 is 1.00 bits per heavy atom. The van der Waals surface area contributed by atoms with Crippen LogP contribution in [0.25, 0.3) is 10.8 Å². The zero-order valence-corrected chi connectivity index (χ0v) is 17.4. The van der Waals surface area contributed by atoms with Crippen LogP contribution in [0.2, 0.25) is 0 Å². The van der Waals surface area contributed by atoms with Crippen LogP contribution in [-0.4, -0.2) is 32.4 Å². The molecule has 5 nitrogen and oxygen atoms in total. The van der Waals surface area contributed by atoms with E-state index in [9.17, 15) is 8.78 Å². The fraction of sp³-hybridized carbons (Fsp3) is 0.174. The lowest BCUT2D eigenvalue weighted by atomic mass is 10.0. The summed E-state index contributed by atoms with van der Waals surface area (Å²) in [6.45, 7) is -0.807. The zero-order valence-electron chi connectivity index (χ0n) is 16.6. The lowest BCUT2D eigenvalue weighted by Gasteiger charge is -2.20. The number of rotatable bonds is 5. The number of alkyl halides is 2. The number of aromatic nitrogens is 3. The van der Waals surface area contributed by atoms with Gasteiger partial charge in [0.15, 0.2) is 5.82 Å². The van der Waals surface area contributed by atoms with E-state index in [1.807, 2.05) is 25.1 Å². The van der Waals surface area contributed by atoms with Crippen molar-refractivity contribution >= 4 is 28.2 Å². The molecule has 1 unspecified atom stereocenters. The number of nitrogens with zero attached hydrogens (tertiary/aromatic N) is 4. The maximum absolute atomic E-state index is 12.4. The summed E-state index contributed by atoms with van der Waals surface area (Å²) in [5.41, 5.74) is 2.83. The Morgan fingerprint density at radius 3 is 2.58 bits per heavy atom. The number of benzene rings is 3. The third kappa shape index (κ3) is 3.90. The molecule has 3 aromatic carbocycles. The summed E-state index contributed by atoms with van der Waals surface area (Å²) < 4.78 is 31.1. The number of thioether (sulfide) groups is 1. The molecule has 2 heterocycles. The van der Waals surface area contributed by atoms with Crippen molar-refractivity contribution in [2.75, 3.05) is 0 Å². The first-order valence-corrected chi connectivity index (χ1v) is 10.7. The molecule has 0 bridgehead atoms. The second-order valence-electron chi connectivity index (χ2n) is 7.17. The second-order valence-corrected chi connectivity index (χ2v) is 8.48. The highest BCUT2D eigenvalue weighted by molar-refractivity contribution is 8.00. The quantitative estimate of drug-likeness (QED) is 0.422. The van der Waals surface area contributed by atoms with Gasteiger partial charge in [-0.2, -0.15) is 18.6 Å². The highest BCUT2D eigenvalue weighted by atomic mass is 32.2. The van der Waals surface area contributed by atoms with Gasteiger partial charge in [-0.25, -0.2) is 0 Å². The Morgan fingerprint density at radius 2 is 1.77 bits per heavy atom. The van der Waals surface area contributed by atoms with Gasteiger partial charge in [-0.15, -0.1) is 10.2 Å².